The molecule has 6 heteroatoms. The summed E-state index contributed by atoms with van der Waals surface area (Å²) in [6, 6.07) is -0.132. The Kier molecular flexibility index (Phi) is 2.88. The number of rotatable bonds is 1. The molecule has 0 aromatic carbocycles. The highest BCUT2D eigenvalue weighted by Gasteiger charge is 2.32. The van der Waals surface area contributed by atoms with Gasteiger partial charge in [0.25, 0.3) is 0 Å². The lowest BCUT2D eigenvalue weighted by molar-refractivity contribution is 0.102. The maximum absolute atomic E-state index is 11.5. The van der Waals surface area contributed by atoms with Crippen LogP contribution in [0.25, 0.3) is 0 Å². The topological polar surface area (TPSA) is 68.5 Å². The Morgan fingerprint density at radius 1 is 1.87 bits per heavy atom. The summed E-state index contributed by atoms with van der Waals surface area (Å²) in [5.41, 5.74) is 8.40. The summed E-state index contributed by atoms with van der Waals surface area (Å²) in [6.45, 7) is 1.04. The first-order valence-corrected chi connectivity index (χ1v) is 5.62. The Hall–Kier alpha value is -1.14. The van der Waals surface area contributed by atoms with Gasteiger partial charge in [-0.05, 0) is 0 Å². The summed E-state index contributed by atoms with van der Waals surface area (Å²) in [6.07, 6.45) is 0.509. The van der Waals surface area contributed by atoms with Crippen LogP contribution in [0.2, 0.25) is 0 Å². The molecule has 1 aliphatic rings. The molecule has 0 bridgehead atoms. The number of carbonyl (C=O) groups is 1. The second kappa shape index (κ2) is 4.16. The number of thiazole rings is 1. The summed E-state index contributed by atoms with van der Waals surface area (Å²) < 4.78 is 4.72. The Morgan fingerprint density at radius 2 is 2.67 bits per heavy atom. The molecule has 15 heavy (non-hydrogen) atoms. The van der Waals surface area contributed by atoms with Crippen LogP contribution in [0.1, 0.15) is 16.6 Å². The second-order valence-electron chi connectivity index (χ2n) is 3.33. The smallest absolute Gasteiger partial charge is 0.410 e. The van der Waals surface area contributed by atoms with Crippen LogP contribution in [0.15, 0.2) is 5.51 Å². The monoisotopic (exact) mass is 227 g/mol. The third kappa shape index (κ3) is 1.70. The standard InChI is InChI=1S/C9H13N3O2S/c1-14-9(13)12-3-2-7-8(6(12)4-10)11-5-15-7/h5-6H,2-4,10H2,1H3. The van der Waals surface area contributed by atoms with Crippen LogP contribution >= 0.6 is 11.3 Å². The third-order valence-electron chi connectivity index (χ3n) is 2.58. The number of nitrogens with two attached hydrogens (primary N) is 1. The van der Waals surface area contributed by atoms with Crippen LogP contribution in [0.3, 0.4) is 0 Å². The molecular formula is C9H13N3O2S. The predicted octanol–water partition coefficient (Wildman–Crippen LogP) is 0.767. The molecular weight excluding hydrogens is 214 g/mol. The van der Waals surface area contributed by atoms with Gasteiger partial charge < -0.3 is 10.5 Å². The Morgan fingerprint density at radius 3 is 3.33 bits per heavy atom. The van der Waals surface area contributed by atoms with Gasteiger partial charge in [-0.25, -0.2) is 9.78 Å². The van der Waals surface area contributed by atoms with E-state index in [4.69, 9.17) is 10.5 Å². The first-order chi connectivity index (χ1) is 7.27. The van der Waals surface area contributed by atoms with Crippen molar-refractivity contribution in [2.45, 2.75) is 12.5 Å². The van der Waals surface area contributed by atoms with Gasteiger partial charge in [-0.3, -0.25) is 4.90 Å². The molecule has 0 fully saturated rings. The van der Waals surface area contributed by atoms with Crippen molar-refractivity contribution in [3.63, 3.8) is 0 Å². The summed E-state index contributed by atoms with van der Waals surface area (Å²) in [4.78, 5) is 18.6. The lowest BCUT2D eigenvalue weighted by atomic mass is 10.1. The number of carbonyl (C=O) groups excluding carboxylic acids is 1. The van der Waals surface area contributed by atoms with Gasteiger partial charge >= 0.3 is 6.09 Å². The van der Waals surface area contributed by atoms with E-state index >= 15 is 0 Å². The van der Waals surface area contributed by atoms with Crippen molar-refractivity contribution in [1.82, 2.24) is 9.88 Å². The number of amides is 1. The first kappa shape index (κ1) is 10.4. The van der Waals surface area contributed by atoms with Gasteiger partial charge in [-0.2, -0.15) is 0 Å². The molecule has 0 aliphatic carbocycles. The van der Waals surface area contributed by atoms with Gasteiger partial charge in [0.05, 0.1) is 24.4 Å². The van der Waals surface area contributed by atoms with Gasteiger partial charge in [-0.15, -0.1) is 11.3 Å². The molecule has 1 aromatic rings. The lowest BCUT2D eigenvalue weighted by Crippen LogP contribution is -2.42. The van der Waals surface area contributed by atoms with Crippen molar-refractivity contribution < 1.29 is 9.53 Å². The van der Waals surface area contributed by atoms with Gasteiger partial charge in [0, 0.05) is 24.4 Å². The lowest BCUT2D eigenvalue weighted by Gasteiger charge is -2.32. The molecule has 0 spiro atoms. The van der Waals surface area contributed by atoms with Crippen molar-refractivity contribution in [3.05, 3.63) is 16.1 Å². The fourth-order valence-corrected chi connectivity index (χ4v) is 2.65. The number of hydrogen-bond acceptors (Lipinski definition) is 5. The van der Waals surface area contributed by atoms with Crippen molar-refractivity contribution in [2.75, 3.05) is 20.2 Å². The minimum Gasteiger partial charge on any atom is -0.453 e. The molecule has 0 saturated carbocycles. The van der Waals surface area contributed by atoms with Crippen LogP contribution < -0.4 is 5.73 Å². The van der Waals surface area contributed by atoms with E-state index in [1.165, 1.54) is 12.0 Å². The maximum atomic E-state index is 11.5. The highest BCUT2D eigenvalue weighted by Crippen LogP contribution is 2.30. The average Bonchev–Trinajstić information content (AvgIpc) is 2.74. The molecule has 1 aromatic heterocycles. The zero-order valence-electron chi connectivity index (χ0n) is 8.47. The molecule has 1 atom stereocenters. The molecule has 5 nitrogen and oxygen atoms in total. The van der Waals surface area contributed by atoms with Crippen molar-refractivity contribution in [3.8, 4) is 0 Å². The van der Waals surface area contributed by atoms with Crippen LogP contribution in [0.4, 0.5) is 4.79 Å². The molecule has 1 unspecified atom stereocenters. The number of aromatic nitrogens is 1. The molecule has 1 amide bonds. The van der Waals surface area contributed by atoms with Gasteiger partial charge in [-0.1, -0.05) is 0 Å². The number of hydrogen-bond donors (Lipinski definition) is 1. The highest BCUT2D eigenvalue weighted by molar-refractivity contribution is 7.09. The van der Waals surface area contributed by atoms with Crippen LogP contribution in [0, 0.1) is 0 Å². The van der Waals surface area contributed by atoms with Crippen LogP contribution in [-0.2, 0) is 11.2 Å². The fourth-order valence-electron chi connectivity index (χ4n) is 1.84. The van der Waals surface area contributed by atoms with E-state index in [9.17, 15) is 4.79 Å². The van der Waals surface area contributed by atoms with E-state index in [0.717, 1.165) is 12.1 Å². The molecule has 2 rings (SSSR count). The molecule has 1 aliphatic heterocycles. The van der Waals surface area contributed by atoms with Crippen molar-refractivity contribution in [1.29, 1.82) is 0 Å². The Labute approximate surface area is 91.9 Å². The second-order valence-corrected chi connectivity index (χ2v) is 4.27. The van der Waals surface area contributed by atoms with E-state index < -0.39 is 0 Å². The van der Waals surface area contributed by atoms with E-state index in [1.807, 2.05) is 0 Å². The maximum Gasteiger partial charge on any atom is 0.410 e. The number of ether oxygens (including phenoxy) is 1. The fraction of sp³-hybridized carbons (Fsp3) is 0.556. The summed E-state index contributed by atoms with van der Waals surface area (Å²) in [5.74, 6) is 0. The number of fused-ring (bicyclic) bond motifs is 1. The van der Waals surface area contributed by atoms with Gasteiger partial charge in [0.1, 0.15) is 0 Å². The molecule has 82 valence electrons. The van der Waals surface area contributed by atoms with E-state index in [1.54, 1.807) is 21.7 Å². The van der Waals surface area contributed by atoms with Gasteiger partial charge in [0.15, 0.2) is 0 Å². The quantitative estimate of drug-likeness (QED) is 0.769. The zero-order valence-corrected chi connectivity index (χ0v) is 9.29. The van der Waals surface area contributed by atoms with Crippen LogP contribution in [-0.4, -0.2) is 36.2 Å². The number of nitrogens with zero attached hydrogens (tertiary/aromatic N) is 2. The van der Waals surface area contributed by atoms with Gasteiger partial charge in [0.2, 0.25) is 0 Å². The minimum atomic E-state index is -0.330. The SMILES string of the molecule is COC(=O)N1CCc2scnc2C1CN. The van der Waals surface area contributed by atoms with Crippen LogP contribution in [0.5, 0.6) is 0 Å². The first-order valence-electron chi connectivity index (χ1n) is 4.74. The molecule has 0 saturated heterocycles. The molecule has 2 N–H and O–H groups in total. The minimum absolute atomic E-state index is 0.132. The predicted molar refractivity (Wildman–Crippen MR) is 56.7 cm³/mol. The summed E-state index contributed by atoms with van der Waals surface area (Å²) in [5, 5.41) is 0. The Balaban J connectivity index is 2.28. The van der Waals surface area contributed by atoms with E-state index in [0.29, 0.717) is 13.1 Å². The third-order valence-corrected chi connectivity index (χ3v) is 3.49. The Bertz CT molecular complexity index is 366. The summed E-state index contributed by atoms with van der Waals surface area (Å²) >= 11 is 1.62. The van der Waals surface area contributed by atoms with Crippen molar-refractivity contribution >= 4 is 17.4 Å². The largest absolute Gasteiger partial charge is 0.453 e. The molecule has 0 radical (unpaired) electrons. The normalized spacial score (nSPS) is 19.9. The highest BCUT2D eigenvalue weighted by atomic mass is 32.1. The molecule has 2 heterocycles. The number of methoxy groups -OCH3 is 1. The summed E-state index contributed by atoms with van der Waals surface area (Å²) in [7, 11) is 1.38. The van der Waals surface area contributed by atoms with E-state index in [-0.39, 0.29) is 12.1 Å². The zero-order chi connectivity index (χ0) is 10.8. The average molecular weight is 227 g/mol. The van der Waals surface area contributed by atoms with E-state index in [2.05, 4.69) is 4.98 Å². The van der Waals surface area contributed by atoms with Crippen molar-refractivity contribution in [2.24, 2.45) is 5.73 Å².